The third kappa shape index (κ3) is 5.86. The minimum atomic E-state index is 0. The molecule has 1 unspecified atom stereocenters. The zero-order valence-corrected chi connectivity index (χ0v) is 15.6. The third-order valence-electron chi connectivity index (χ3n) is 3.63. The van der Waals surface area contributed by atoms with Gasteiger partial charge in [0, 0.05) is 41.0 Å². The Morgan fingerprint density at radius 3 is 2.57 bits per heavy atom. The number of benzene rings is 1. The molecule has 23 heavy (non-hydrogen) atoms. The Bertz CT molecular complexity index is 592. The van der Waals surface area contributed by atoms with Crippen molar-refractivity contribution < 1.29 is 5.11 Å². The molecule has 7 heteroatoms. The number of aliphatic hydroxyl groups excluding tert-OH is 1. The number of halogens is 2. The molecular formula is C16H25Cl2N3OS. The van der Waals surface area contributed by atoms with E-state index in [1.165, 1.54) is 4.88 Å². The Balaban J connectivity index is 0.00000242. The normalized spacial score (nSPS) is 11.4. The first-order chi connectivity index (χ1) is 10.2. The van der Waals surface area contributed by atoms with Gasteiger partial charge in [-0.05, 0) is 48.1 Å². The van der Waals surface area contributed by atoms with E-state index in [1.807, 2.05) is 18.2 Å². The first-order valence-corrected chi connectivity index (χ1v) is 8.09. The summed E-state index contributed by atoms with van der Waals surface area (Å²) < 4.78 is 0. The number of hydrogen-bond donors (Lipinski definition) is 4. The van der Waals surface area contributed by atoms with Crippen molar-refractivity contribution in [3.63, 3.8) is 0 Å². The highest BCUT2D eigenvalue weighted by Gasteiger charge is 2.12. The first-order valence-electron chi connectivity index (χ1n) is 7.21. The molecular weight excluding hydrogens is 353 g/mol. The molecule has 0 aliphatic heterocycles. The molecule has 4 nitrogen and oxygen atoms in total. The summed E-state index contributed by atoms with van der Waals surface area (Å²) in [6, 6.07) is 8.01. The van der Waals surface area contributed by atoms with E-state index in [1.54, 1.807) is 11.3 Å². The van der Waals surface area contributed by atoms with Crippen LogP contribution in [0.4, 0.5) is 11.4 Å². The van der Waals surface area contributed by atoms with E-state index in [2.05, 4.69) is 23.7 Å². The van der Waals surface area contributed by atoms with Crippen LogP contribution in [0.2, 0.25) is 0 Å². The second kappa shape index (κ2) is 10.7. The van der Waals surface area contributed by atoms with Crippen molar-refractivity contribution in [2.45, 2.75) is 32.4 Å². The molecule has 0 amide bonds. The van der Waals surface area contributed by atoms with Gasteiger partial charge in [0.2, 0.25) is 0 Å². The summed E-state index contributed by atoms with van der Waals surface area (Å²) in [4.78, 5) is 1.24. The second-order valence-electron chi connectivity index (χ2n) is 5.10. The molecule has 0 aliphatic rings. The molecule has 130 valence electrons. The Kier molecular flexibility index (Phi) is 10.3. The highest BCUT2D eigenvalue weighted by molar-refractivity contribution is 7.10. The van der Waals surface area contributed by atoms with Crippen LogP contribution in [0.15, 0.2) is 29.6 Å². The highest BCUT2D eigenvalue weighted by Crippen LogP contribution is 2.33. The molecule has 1 aromatic heterocycles. The number of nitrogens with two attached hydrogens (primary N) is 2. The summed E-state index contributed by atoms with van der Waals surface area (Å²) in [5.41, 5.74) is 15.5. The zero-order chi connectivity index (χ0) is 15.2. The summed E-state index contributed by atoms with van der Waals surface area (Å²) in [7, 11) is 0. The van der Waals surface area contributed by atoms with Crippen LogP contribution in [-0.4, -0.2) is 17.8 Å². The fourth-order valence-corrected chi connectivity index (χ4v) is 3.21. The monoisotopic (exact) mass is 377 g/mol. The topological polar surface area (TPSA) is 84.3 Å². The summed E-state index contributed by atoms with van der Waals surface area (Å²) in [5.74, 6) is 0. The largest absolute Gasteiger partial charge is 0.399 e. The smallest absolute Gasteiger partial charge is 0.0445 e. The van der Waals surface area contributed by atoms with E-state index in [0.29, 0.717) is 6.04 Å². The molecule has 0 spiro atoms. The third-order valence-corrected chi connectivity index (χ3v) is 4.56. The molecule has 0 bridgehead atoms. The van der Waals surface area contributed by atoms with Crippen molar-refractivity contribution in [2.24, 2.45) is 0 Å². The molecule has 1 aromatic carbocycles. The average molecular weight is 378 g/mol. The minimum absolute atomic E-state index is 0. The SMILES string of the molecule is CCC(CCO)NCc1sccc1-c1cc(N)ccc1N.Cl.Cl. The van der Waals surface area contributed by atoms with Crippen molar-refractivity contribution >= 4 is 47.5 Å². The van der Waals surface area contributed by atoms with Crippen LogP contribution in [0.5, 0.6) is 0 Å². The number of hydrogen-bond acceptors (Lipinski definition) is 5. The molecule has 1 heterocycles. The Hall–Kier alpha value is -0.980. The predicted octanol–water partition coefficient (Wildman–Crippen LogP) is 3.67. The quantitative estimate of drug-likeness (QED) is 0.554. The molecule has 0 saturated carbocycles. The van der Waals surface area contributed by atoms with Crippen molar-refractivity contribution in [2.75, 3.05) is 18.1 Å². The summed E-state index contributed by atoms with van der Waals surface area (Å²) in [6.07, 6.45) is 1.78. The molecule has 6 N–H and O–H groups in total. The second-order valence-corrected chi connectivity index (χ2v) is 6.10. The molecule has 1 atom stereocenters. The zero-order valence-electron chi connectivity index (χ0n) is 13.1. The first kappa shape index (κ1) is 22.0. The van der Waals surface area contributed by atoms with Crippen LogP contribution in [-0.2, 0) is 6.54 Å². The number of rotatable bonds is 7. The van der Waals surface area contributed by atoms with Gasteiger partial charge in [0.15, 0.2) is 0 Å². The summed E-state index contributed by atoms with van der Waals surface area (Å²) in [6.45, 7) is 3.11. The van der Waals surface area contributed by atoms with Gasteiger partial charge in [0.25, 0.3) is 0 Å². The fraction of sp³-hybridized carbons (Fsp3) is 0.375. The molecule has 2 aromatic rings. The number of nitrogens with one attached hydrogen (secondary N) is 1. The Morgan fingerprint density at radius 2 is 1.91 bits per heavy atom. The van der Waals surface area contributed by atoms with E-state index < -0.39 is 0 Å². The lowest BCUT2D eigenvalue weighted by atomic mass is 10.0. The summed E-state index contributed by atoms with van der Waals surface area (Å²) >= 11 is 1.71. The van der Waals surface area contributed by atoms with Crippen LogP contribution in [0, 0.1) is 0 Å². The van der Waals surface area contributed by atoms with Gasteiger partial charge in [-0.25, -0.2) is 0 Å². The molecule has 0 fully saturated rings. The number of thiophene rings is 1. The lowest BCUT2D eigenvalue weighted by molar-refractivity contribution is 0.262. The predicted molar refractivity (Wildman–Crippen MR) is 106 cm³/mol. The molecule has 0 aliphatic carbocycles. The van der Waals surface area contributed by atoms with Crippen LogP contribution in [0.25, 0.3) is 11.1 Å². The van der Waals surface area contributed by atoms with Crippen LogP contribution >= 0.6 is 36.2 Å². The number of anilines is 2. The molecule has 2 rings (SSSR count). The van der Waals surface area contributed by atoms with Crippen LogP contribution in [0.3, 0.4) is 0 Å². The maximum atomic E-state index is 9.06. The van der Waals surface area contributed by atoms with Gasteiger partial charge in [0.05, 0.1) is 0 Å². The summed E-state index contributed by atoms with van der Waals surface area (Å²) in [5, 5.41) is 14.6. The van der Waals surface area contributed by atoms with Crippen LogP contribution < -0.4 is 16.8 Å². The van der Waals surface area contributed by atoms with Gasteiger partial charge in [0.1, 0.15) is 0 Å². The molecule has 0 radical (unpaired) electrons. The van der Waals surface area contributed by atoms with Gasteiger partial charge in [-0.3, -0.25) is 0 Å². The maximum absolute atomic E-state index is 9.06. The molecule has 0 saturated heterocycles. The van der Waals surface area contributed by atoms with Gasteiger partial charge in [-0.2, -0.15) is 0 Å². The standard InChI is InChI=1S/C16H23N3OS.2ClH/c1-2-12(5-7-20)19-10-16-13(6-8-21-16)14-9-11(17)3-4-15(14)18;;/h3-4,6,8-9,12,19-20H,2,5,7,10,17-18H2,1H3;2*1H. The lowest BCUT2D eigenvalue weighted by Crippen LogP contribution is -2.28. The fourth-order valence-electron chi connectivity index (χ4n) is 2.37. The Morgan fingerprint density at radius 1 is 1.17 bits per heavy atom. The number of nitrogen functional groups attached to an aromatic ring is 2. The van der Waals surface area contributed by atoms with Crippen molar-refractivity contribution in [1.82, 2.24) is 5.32 Å². The van der Waals surface area contributed by atoms with Crippen molar-refractivity contribution in [3.8, 4) is 11.1 Å². The minimum Gasteiger partial charge on any atom is -0.399 e. The maximum Gasteiger partial charge on any atom is 0.0445 e. The van der Waals surface area contributed by atoms with Crippen LogP contribution in [0.1, 0.15) is 24.6 Å². The Labute approximate surface area is 154 Å². The van der Waals surface area contributed by atoms with E-state index in [9.17, 15) is 0 Å². The highest BCUT2D eigenvalue weighted by atomic mass is 35.5. The van der Waals surface area contributed by atoms with Crippen molar-refractivity contribution in [3.05, 3.63) is 34.5 Å². The van der Waals surface area contributed by atoms with E-state index in [0.717, 1.165) is 41.9 Å². The van der Waals surface area contributed by atoms with E-state index in [4.69, 9.17) is 16.6 Å². The lowest BCUT2D eigenvalue weighted by Gasteiger charge is -2.16. The van der Waals surface area contributed by atoms with E-state index >= 15 is 0 Å². The van der Waals surface area contributed by atoms with Crippen molar-refractivity contribution in [1.29, 1.82) is 0 Å². The number of aliphatic hydroxyl groups is 1. The van der Waals surface area contributed by atoms with Gasteiger partial charge < -0.3 is 21.9 Å². The van der Waals surface area contributed by atoms with Gasteiger partial charge in [-0.15, -0.1) is 36.2 Å². The van der Waals surface area contributed by atoms with E-state index in [-0.39, 0.29) is 31.4 Å². The van der Waals surface area contributed by atoms with Gasteiger partial charge in [-0.1, -0.05) is 6.92 Å². The average Bonchev–Trinajstić information content (AvgIpc) is 2.94. The van der Waals surface area contributed by atoms with Gasteiger partial charge >= 0.3 is 0 Å².